The lowest BCUT2D eigenvalue weighted by Gasteiger charge is -2.08. The van der Waals surface area contributed by atoms with Gasteiger partial charge >= 0.3 is 0 Å². The van der Waals surface area contributed by atoms with Crippen LogP contribution in [0.4, 0.5) is 0 Å². The second kappa shape index (κ2) is 10.5. The largest absolute Gasteiger partial charge is 0.354 e. The quantitative estimate of drug-likeness (QED) is 0.527. The minimum atomic E-state index is -0.167. The first kappa shape index (κ1) is 18.1. The fourth-order valence-electron chi connectivity index (χ4n) is 2.29. The van der Waals surface area contributed by atoms with E-state index in [0.717, 1.165) is 18.1 Å². The van der Waals surface area contributed by atoms with Gasteiger partial charge in [-0.1, -0.05) is 28.0 Å². The lowest BCUT2D eigenvalue weighted by molar-refractivity contribution is -0.121. The summed E-state index contributed by atoms with van der Waals surface area (Å²) < 4.78 is 0. The number of aromatic nitrogens is 1. The van der Waals surface area contributed by atoms with Crippen molar-refractivity contribution in [2.24, 2.45) is 0 Å². The van der Waals surface area contributed by atoms with Crippen LogP contribution in [0.5, 0.6) is 0 Å². The molecule has 1 aliphatic rings. The number of rotatable bonds is 9. The number of amides is 2. The molecule has 1 unspecified atom stereocenters. The maximum atomic E-state index is 11.8. The summed E-state index contributed by atoms with van der Waals surface area (Å²) in [5.74, 6) is 1.16. The van der Waals surface area contributed by atoms with Crippen molar-refractivity contribution in [3.8, 4) is 0 Å². The molecule has 2 heterocycles. The van der Waals surface area contributed by atoms with Gasteiger partial charge < -0.3 is 10.6 Å². The molecule has 7 heteroatoms. The molecule has 0 bridgehead atoms. The molecule has 0 spiro atoms. The highest BCUT2D eigenvalue weighted by atomic mass is 33.1. The Morgan fingerprint density at radius 3 is 2.87 bits per heavy atom. The molecule has 2 rings (SSSR count). The Bertz CT molecular complexity index is 493. The first-order chi connectivity index (χ1) is 11.3. The molecule has 1 aromatic rings. The number of nitrogens with one attached hydrogen (secondary N) is 2. The minimum Gasteiger partial charge on any atom is -0.354 e. The van der Waals surface area contributed by atoms with Gasteiger partial charge in [0.05, 0.1) is 5.56 Å². The van der Waals surface area contributed by atoms with E-state index in [4.69, 9.17) is 0 Å². The second-order valence-electron chi connectivity index (χ2n) is 5.42. The summed E-state index contributed by atoms with van der Waals surface area (Å²) in [5, 5.41) is 6.38. The maximum absolute atomic E-state index is 11.8. The molecular weight excluding hydrogens is 330 g/mol. The average Bonchev–Trinajstić information content (AvgIpc) is 3.09. The zero-order valence-electron chi connectivity index (χ0n) is 13.1. The van der Waals surface area contributed by atoms with Crippen molar-refractivity contribution in [1.82, 2.24) is 15.6 Å². The summed E-state index contributed by atoms with van der Waals surface area (Å²) in [6, 6.07) is 3.43. The summed E-state index contributed by atoms with van der Waals surface area (Å²) in [6.45, 7) is 0.884. The Hall–Kier alpha value is -1.21. The summed E-state index contributed by atoms with van der Waals surface area (Å²) in [4.78, 5) is 27.4. The van der Waals surface area contributed by atoms with Crippen molar-refractivity contribution >= 4 is 33.4 Å². The van der Waals surface area contributed by atoms with Crippen molar-refractivity contribution in [2.75, 3.05) is 18.8 Å². The number of carbonyl (C=O) groups excluding carboxylic acids is 2. The molecule has 0 saturated carbocycles. The van der Waals surface area contributed by atoms with Gasteiger partial charge in [0.2, 0.25) is 5.91 Å². The first-order valence-corrected chi connectivity index (χ1v) is 10.4. The number of carbonyl (C=O) groups is 2. The third kappa shape index (κ3) is 7.26. The smallest absolute Gasteiger partial charge is 0.252 e. The Labute approximate surface area is 145 Å². The number of hydrogen-bond donors (Lipinski definition) is 2. The number of unbranched alkanes of at least 4 members (excludes halogenated alkanes) is 1. The average molecular weight is 354 g/mol. The monoisotopic (exact) mass is 353 g/mol. The minimum absolute atomic E-state index is 0.0640. The maximum Gasteiger partial charge on any atom is 0.252 e. The van der Waals surface area contributed by atoms with Crippen LogP contribution in [0, 0.1) is 0 Å². The molecule has 1 aliphatic heterocycles. The predicted molar refractivity (Wildman–Crippen MR) is 96.5 cm³/mol. The van der Waals surface area contributed by atoms with Crippen LogP contribution in [0.2, 0.25) is 0 Å². The molecule has 1 atom stereocenters. The van der Waals surface area contributed by atoms with Gasteiger partial charge in [-0.15, -0.1) is 0 Å². The SMILES string of the molecule is O=C(CCCCC1CCSS1)NCCNC(=O)c1cccnc1. The van der Waals surface area contributed by atoms with Gasteiger partial charge in [0.25, 0.3) is 5.91 Å². The van der Waals surface area contributed by atoms with Crippen LogP contribution >= 0.6 is 21.6 Å². The number of pyridine rings is 1. The molecule has 23 heavy (non-hydrogen) atoms. The molecule has 0 radical (unpaired) electrons. The third-order valence-electron chi connectivity index (χ3n) is 3.56. The molecule has 2 N–H and O–H groups in total. The van der Waals surface area contributed by atoms with E-state index in [1.165, 1.54) is 24.8 Å². The molecule has 5 nitrogen and oxygen atoms in total. The highest BCUT2D eigenvalue weighted by Crippen LogP contribution is 2.39. The summed E-state index contributed by atoms with van der Waals surface area (Å²) in [6.07, 6.45) is 8.29. The Morgan fingerprint density at radius 2 is 2.13 bits per heavy atom. The Morgan fingerprint density at radius 1 is 1.26 bits per heavy atom. The molecule has 0 aromatic carbocycles. The fourth-order valence-corrected chi connectivity index (χ4v) is 5.32. The van der Waals surface area contributed by atoms with E-state index in [2.05, 4.69) is 15.6 Å². The highest BCUT2D eigenvalue weighted by molar-refractivity contribution is 8.77. The van der Waals surface area contributed by atoms with E-state index >= 15 is 0 Å². The van der Waals surface area contributed by atoms with E-state index in [0.29, 0.717) is 25.1 Å². The van der Waals surface area contributed by atoms with Crippen molar-refractivity contribution in [3.63, 3.8) is 0 Å². The van der Waals surface area contributed by atoms with E-state index < -0.39 is 0 Å². The van der Waals surface area contributed by atoms with Gasteiger partial charge in [-0.25, -0.2) is 0 Å². The van der Waals surface area contributed by atoms with Gasteiger partial charge in [-0.3, -0.25) is 14.6 Å². The molecule has 0 aliphatic carbocycles. The van der Waals surface area contributed by atoms with Gasteiger partial charge in [0.15, 0.2) is 0 Å². The van der Waals surface area contributed by atoms with Crippen LogP contribution in [0.15, 0.2) is 24.5 Å². The van der Waals surface area contributed by atoms with E-state index in [-0.39, 0.29) is 11.8 Å². The van der Waals surface area contributed by atoms with E-state index in [9.17, 15) is 9.59 Å². The third-order valence-corrected chi connectivity index (χ3v) is 6.57. The van der Waals surface area contributed by atoms with Crippen LogP contribution in [0.1, 0.15) is 42.5 Å². The van der Waals surface area contributed by atoms with Gasteiger partial charge in [0.1, 0.15) is 0 Å². The summed E-state index contributed by atoms with van der Waals surface area (Å²) in [7, 11) is 3.95. The summed E-state index contributed by atoms with van der Waals surface area (Å²) in [5.41, 5.74) is 0.529. The number of nitrogens with zero attached hydrogens (tertiary/aromatic N) is 1. The van der Waals surface area contributed by atoms with Gasteiger partial charge in [0, 0.05) is 42.9 Å². The van der Waals surface area contributed by atoms with Crippen LogP contribution in [-0.2, 0) is 4.79 Å². The molecule has 1 fully saturated rings. The fraction of sp³-hybridized carbons (Fsp3) is 0.562. The normalized spacial score (nSPS) is 17.0. The first-order valence-electron chi connectivity index (χ1n) is 7.99. The van der Waals surface area contributed by atoms with Crippen molar-refractivity contribution in [2.45, 2.75) is 37.4 Å². The van der Waals surface area contributed by atoms with Crippen molar-refractivity contribution in [1.29, 1.82) is 0 Å². The Kier molecular flexibility index (Phi) is 8.31. The van der Waals surface area contributed by atoms with Crippen LogP contribution in [-0.4, -0.2) is 40.9 Å². The highest BCUT2D eigenvalue weighted by Gasteiger charge is 2.15. The standard InChI is InChI=1S/C16H23N3O2S2/c20-15(6-2-1-5-14-7-11-22-23-14)18-9-10-19-16(21)13-4-3-8-17-12-13/h3-4,8,12,14H,1-2,5-7,9-11H2,(H,18,20)(H,19,21). The van der Waals surface area contributed by atoms with E-state index in [1.807, 2.05) is 21.6 Å². The Balaban J connectivity index is 1.47. The zero-order chi connectivity index (χ0) is 16.3. The molecule has 1 aromatic heterocycles. The zero-order valence-corrected chi connectivity index (χ0v) is 14.8. The molecule has 126 valence electrons. The second-order valence-corrected chi connectivity index (χ2v) is 8.21. The lowest BCUT2D eigenvalue weighted by atomic mass is 10.1. The van der Waals surface area contributed by atoms with Gasteiger partial charge in [-0.05, 0) is 31.4 Å². The van der Waals surface area contributed by atoms with Crippen molar-refractivity contribution in [3.05, 3.63) is 30.1 Å². The van der Waals surface area contributed by atoms with Crippen LogP contribution in [0.25, 0.3) is 0 Å². The molecular formula is C16H23N3O2S2. The van der Waals surface area contributed by atoms with Crippen LogP contribution < -0.4 is 10.6 Å². The predicted octanol–water partition coefficient (Wildman–Crippen LogP) is 2.64. The van der Waals surface area contributed by atoms with Crippen LogP contribution in [0.3, 0.4) is 0 Å². The molecule has 1 saturated heterocycles. The van der Waals surface area contributed by atoms with Crippen molar-refractivity contribution < 1.29 is 9.59 Å². The van der Waals surface area contributed by atoms with E-state index in [1.54, 1.807) is 18.3 Å². The lowest BCUT2D eigenvalue weighted by Crippen LogP contribution is -2.34. The molecule has 2 amide bonds. The van der Waals surface area contributed by atoms with Gasteiger partial charge in [-0.2, -0.15) is 0 Å². The summed E-state index contributed by atoms with van der Waals surface area (Å²) >= 11 is 0. The number of hydrogen-bond acceptors (Lipinski definition) is 5. The topological polar surface area (TPSA) is 71.1 Å².